The average Bonchev–Trinajstić information content (AvgIpc) is 2.70. The van der Waals surface area contributed by atoms with Crippen molar-refractivity contribution in [3.8, 4) is 0 Å². The van der Waals surface area contributed by atoms with E-state index in [4.69, 9.17) is 0 Å². The lowest BCUT2D eigenvalue weighted by atomic mass is 10.00. The summed E-state index contributed by atoms with van der Waals surface area (Å²) in [5.74, 6) is 0.715. The molecule has 0 spiro atoms. The maximum atomic E-state index is 12.6. The topological polar surface area (TPSA) is 69.6 Å². The number of aliphatic imine (C=N–C) groups is 1. The lowest BCUT2D eigenvalue weighted by Crippen LogP contribution is -2.45. The SMILES string of the molecule is CCNC(=NCc1ccccn1)NCC(=O)N1CCc2ccccc2C1. The fraction of sp³-hybridized carbons (Fsp3) is 0.350. The van der Waals surface area contributed by atoms with Gasteiger partial charge < -0.3 is 15.5 Å². The first-order valence-corrected chi connectivity index (χ1v) is 9.03. The Morgan fingerprint density at radius 2 is 1.96 bits per heavy atom. The molecule has 26 heavy (non-hydrogen) atoms. The number of guanidine groups is 1. The maximum Gasteiger partial charge on any atom is 0.242 e. The third-order valence-electron chi connectivity index (χ3n) is 4.36. The summed E-state index contributed by atoms with van der Waals surface area (Å²) in [6, 6.07) is 14.1. The van der Waals surface area contributed by atoms with Gasteiger partial charge in [0, 0.05) is 25.8 Å². The second-order valence-electron chi connectivity index (χ2n) is 6.20. The smallest absolute Gasteiger partial charge is 0.242 e. The van der Waals surface area contributed by atoms with Gasteiger partial charge in [-0.3, -0.25) is 9.78 Å². The molecule has 0 atom stereocenters. The van der Waals surface area contributed by atoms with Crippen LogP contribution in [-0.2, 0) is 24.3 Å². The zero-order chi connectivity index (χ0) is 18.2. The molecule has 1 amide bonds. The van der Waals surface area contributed by atoms with Gasteiger partial charge in [0.15, 0.2) is 5.96 Å². The Labute approximate surface area is 154 Å². The number of carbonyl (C=O) groups excluding carboxylic acids is 1. The molecule has 0 aliphatic carbocycles. The van der Waals surface area contributed by atoms with Crippen molar-refractivity contribution < 1.29 is 4.79 Å². The molecule has 1 aromatic carbocycles. The summed E-state index contributed by atoms with van der Waals surface area (Å²) in [6.45, 7) is 4.88. The molecule has 0 saturated carbocycles. The van der Waals surface area contributed by atoms with E-state index in [1.807, 2.05) is 36.1 Å². The number of rotatable bonds is 5. The fourth-order valence-corrected chi connectivity index (χ4v) is 2.97. The Balaban J connectivity index is 1.54. The van der Waals surface area contributed by atoms with E-state index in [9.17, 15) is 4.79 Å². The number of nitrogens with one attached hydrogen (secondary N) is 2. The van der Waals surface area contributed by atoms with Gasteiger partial charge in [-0.2, -0.15) is 0 Å². The molecule has 6 heteroatoms. The molecule has 136 valence electrons. The number of carbonyl (C=O) groups is 1. The summed E-state index contributed by atoms with van der Waals surface area (Å²) in [5.41, 5.74) is 3.47. The van der Waals surface area contributed by atoms with Gasteiger partial charge >= 0.3 is 0 Å². The Hall–Kier alpha value is -2.89. The first-order chi connectivity index (χ1) is 12.8. The van der Waals surface area contributed by atoms with Gasteiger partial charge in [-0.1, -0.05) is 30.3 Å². The number of aromatic nitrogens is 1. The molecule has 1 aliphatic rings. The third-order valence-corrected chi connectivity index (χ3v) is 4.36. The fourth-order valence-electron chi connectivity index (χ4n) is 2.97. The Bertz CT molecular complexity index is 760. The van der Waals surface area contributed by atoms with Crippen molar-refractivity contribution >= 4 is 11.9 Å². The van der Waals surface area contributed by atoms with Crippen molar-refractivity contribution in [3.63, 3.8) is 0 Å². The maximum absolute atomic E-state index is 12.6. The summed E-state index contributed by atoms with van der Waals surface area (Å²) in [6.07, 6.45) is 2.67. The molecule has 0 bridgehead atoms. The number of fused-ring (bicyclic) bond motifs is 1. The summed E-state index contributed by atoms with van der Waals surface area (Å²) >= 11 is 0. The molecule has 0 saturated heterocycles. The predicted octanol–water partition coefficient (Wildman–Crippen LogP) is 1.72. The molecule has 2 aromatic rings. The van der Waals surface area contributed by atoms with Gasteiger partial charge in [0.2, 0.25) is 5.91 Å². The normalized spacial score (nSPS) is 13.9. The van der Waals surface area contributed by atoms with Crippen LogP contribution in [0.25, 0.3) is 0 Å². The lowest BCUT2D eigenvalue weighted by Gasteiger charge is -2.29. The number of hydrogen-bond acceptors (Lipinski definition) is 3. The van der Waals surface area contributed by atoms with Crippen molar-refractivity contribution in [1.29, 1.82) is 0 Å². The van der Waals surface area contributed by atoms with Crippen LogP contribution in [0.4, 0.5) is 0 Å². The minimum atomic E-state index is 0.0861. The van der Waals surface area contributed by atoms with Crippen LogP contribution in [-0.4, -0.2) is 41.4 Å². The van der Waals surface area contributed by atoms with Crippen molar-refractivity contribution in [2.45, 2.75) is 26.4 Å². The van der Waals surface area contributed by atoms with E-state index in [1.165, 1.54) is 11.1 Å². The molecule has 0 unspecified atom stereocenters. The van der Waals surface area contributed by atoms with Crippen LogP contribution in [0, 0.1) is 0 Å². The monoisotopic (exact) mass is 351 g/mol. The predicted molar refractivity (Wildman–Crippen MR) is 103 cm³/mol. The molecule has 0 radical (unpaired) electrons. The number of pyridine rings is 1. The van der Waals surface area contributed by atoms with Crippen LogP contribution in [0.5, 0.6) is 0 Å². The van der Waals surface area contributed by atoms with E-state index in [0.29, 0.717) is 19.0 Å². The third kappa shape index (κ3) is 4.81. The number of nitrogens with zero attached hydrogens (tertiary/aromatic N) is 3. The van der Waals surface area contributed by atoms with Gasteiger partial charge in [0.1, 0.15) is 0 Å². The first-order valence-electron chi connectivity index (χ1n) is 9.03. The Morgan fingerprint density at radius 3 is 2.73 bits per heavy atom. The molecule has 1 aromatic heterocycles. The van der Waals surface area contributed by atoms with Gasteiger partial charge in [-0.05, 0) is 36.6 Å². The van der Waals surface area contributed by atoms with Crippen LogP contribution in [0.1, 0.15) is 23.7 Å². The van der Waals surface area contributed by atoms with E-state index in [2.05, 4.69) is 38.8 Å². The van der Waals surface area contributed by atoms with Crippen LogP contribution in [0.2, 0.25) is 0 Å². The zero-order valence-corrected chi connectivity index (χ0v) is 15.1. The van der Waals surface area contributed by atoms with Crippen LogP contribution in [0.15, 0.2) is 53.7 Å². The van der Waals surface area contributed by atoms with Crippen molar-refractivity contribution in [3.05, 3.63) is 65.5 Å². The van der Waals surface area contributed by atoms with E-state index in [0.717, 1.165) is 25.2 Å². The average molecular weight is 351 g/mol. The molecule has 0 fully saturated rings. The number of amides is 1. The Morgan fingerprint density at radius 1 is 1.15 bits per heavy atom. The quantitative estimate of drug-likeness (QED) is 0.636. The van der Waals surface area contributed by atoms with Crippen LogP contribution >= 0.6 is 0 Å². The van der Waals surface area contributed by atoms with Crippen molar-refractivity contribution in [2.24, 2.45) is 4.99 Å². The second-order valence-corrected chi connectivity index (χ2v) is 6.20. The lowest BCUT2D eigenvalue weighted by molar-refractivity contribution is -0.130. The van der Waals surface area contributed by atoms with Gasteiger partial charge in [-0.25, -0.2) is 4.99 Å². The summed E-state index contributed by atoms with van der Waals surface area (Å²) in [4.78, 5) is 23.2. The zero-order valence-electron chi connectivity index (χ0n) is 15.1. The minimum absolute atomic E-state index is 0.0861. The summed E-state index contributed by atoms with van der Waals surface area (Å²) in [7, 11) is 0. The molecule has 3 rings (SSSR count). The molecule has 6 nitrogen and oxygen atoms in total. The minimum Gasteiger partial charge on any atom is -0.357 e. The molecular formula is C20H25N5O. The van der Waals surface area contributed by atoms with Crippen LogP contribution < -0.4 is 10.6 Å². The van der Waals surface area contributed by atoms with Gasteiger partial charge in [-0.15, -0.1) is 0 Å². The molecular weight excluding hydrogens is 326 g/mol. The highest BCUT2D eigenvalue weighted by Gasteiger charge is 2.20. The highest BCUT2D eigenvalue weighted by molar-refractivity contribution is 5.86. The highest BCUT2D eigenvalue weighted by Crippen LogP contribution is 2.18. The standard InChI is InChI=1S/C20H25N5O/c1-2-21-20(23-13-18-9-5-6-11-22-18)24-14-19(26)25-12-10-16-7-3-4-8-17(16)15-25/h3-9,11H,2,10,12-15H2,1H3,(H2,21,23,24). The second kappa shape index (κ2) is 8.99. The largest absolute Gasteiger partial charge is 0.357 e. The van der Waals surface area contributed by atoms with E-state index in [-0.39, 0.29) is 12.5 Å². The summed E-state index contributed by atoms with van der Waals surface area (Å²) in [5, 5.41) is 6.30. The molecule has 2 N–H and O–H groups in total. The Kier molecular flexibility index (Phi) is 6.19. The van der Waals surface area contributed by atoms with Gasteiger partial charge in [0.05, 0.1) is 18.8 Å². The molecule has 1 aliphatic heterocycles. The molecule has 2 heterocycles. The van der Waals surface area contributed by atoms with Crippen molar-refractivity contribution in [2.75, 3.05) is 19.6 Å². The summed E-state index contributed by atoms with van der Waals surface area (Å²) < 4.78 is 0. The van der Waals surface area contributed by atoms with E-state index >= 15 is 0 Å². The van der Waals surface area contributed by atoms with Gasteiger partial charge in [0.25, 0.3) is 0 Å². The first kappa shape index (κ1) is 17.9. The number of hydrogen-bond donors (Lipinski definition) is 2. The van der Waals surface area contributed by atoms with Crippen molar-refractivity contribution in [1.82, 2.24) is 20.5 Å². The van der Waals surface area contributed by atoms with Crippen LogP contribution in [0.3, 0.4) is 0 Å². The number of benzene rings is 1. The van der Waals surface area contributed by atoms with E-state index < -0.39 is 0 Å². The van der Waals surface area contributed by atoms with E-state index in [1.54, 1.807) is 6.20 Å². The highest BCUT2D eigenvalue weighted by atomic mass is 16.2.